The number of para-hydroxylation sites is 1. The van der Waals surface area contributed by atoms with Crippen LogP contribution in [0.4, 0.5) is 0 Å². The molecule has 2 rings (SSSR count). The van der Waals surface area contributed by atoms with Gasteiger partial charge in [-0.3, -0.25) is 4.79 Å². The number of aliphatic hydroxyl groups is 1. The Hall–Kier alpha value is -2.04. The highest BCUT2D eigenvalue weighted by atomic mass is 35.5. The third-order valence-electron chi connectivity index (χ3n) is 3.09. The lowest BCUT2D eigenvalue weighted by molar-refractivity contribution is 0.0918. The molecular weight excluding hydrogens is 302 g/mol. The predicted octanol–water partition coefficient (Wildman–Crippen LogP) is 3.03. The van der Waals surface area contributed by atoms with Crippen LogP contribution in [0.5, 0.6) is 5.75 Å². The molecule has 0 bridgehead atoms. The second-order valence-corrected chi connectivity index (χ2v) is 5.40. The molecule has 0 saturated carbocycles. The second kappa shape index (κ2) is 7.82. The van der Waals surface area contributed by atoms with Crippen LogP contribution in [-0.2, 0) is 6.61 Å². The molecule has 0 heterocycles. The molecule has 4 nitrogen and oxygen atoms in total. The number of amides is 1. The van der Waals surface area contributed by atoms with Gasteiger partial charge in [-0.15, -0.1) is 0 Å². The van der Waals surface area contributed by atoms with E-state index < -0.39 is 0 Å². The maximum atomic E-state index is 12.2. The number of nitrogens with one attached hydrogen (secondary N) is 1. The topological polar surface area (TPSA) is 58.6 Å². The maximum Gasteiger partial charge on any atom is 0.255 e. The molecule has 22 heavy (non-hydrogen) atoms. The largest absolute Gasteiger partial charge is 0.488 e. The Labute approximate surface area is 134 Å². The van der Waals surface area contributed by atoms with Crippen LogP contribution in [0.1, 0.15) is 22.8 Å². The smallest absolute Gasteiger partial charge is 0.255 e. The second-order valence-electron chi connectivity index (χ2n) is 4.97. The van der Waals surface area contributed by atoms with Crippen molar-refractivity contribution in [2.24, 2.45) is 0 Å². The monoisotopic (exact) mass is 319 g/mol. The summed E-state index contributed by atoms with van der Waals surface area (Å²) in [4.78, 5) is 12.2. The molecule has 0 aromatic heterocycles. The van der Waals surface area contributed by atoms with Gasteiger partial charge in [-0.25, -0.2) is 0 Å². The van der Waals surface area contributed by atoms with Crippen molar-refractivity contribution in [3.63, 3.8) is 0 Å². The van der Waals surface area contributed by atoms with E-state index in [-0.39, 0.29) is 18.6 Å². The van der Waals surface area contributed by atoms with Crippen LogP contribution < -0.4 is 10.1 Å². The Bertz CT molecular complexity index is 628. The number of aliphatic hydroxyl groups excluding tert-OH is 1. The Morgan fingerprint density at radius 2 is 1.91 bits per heavy atom. The summed E-state index contributed by atoms with van der Waals surface area (Å²) >= 11 is 5.84. The number of hydrogen-bond acceptors (Lipinski definition) is 3. The molecule has 116 valence electrons. The van der Waals surface area contributed by atoms with Gasteiger partial charge < -0.3 is 15.2 Å². The lowest BCUT2D eigenvalue weighted by Crippen LogP contribution is -2.35. The van der Waals surface area contributed by atoms with E-state index in [2.05, 4.69) is 5.32 Å². The van der Waals surface area contributed by atoms with Crippen molar-refractivity contribution in [1.29, 1.82) is 0 Å². The van der Waals surface area contributed by atoms with Gasteiger partial charge in [0.2, 0.25) is 0 Å². The van der Waals surface area contributed by atoms with Gasteiger partial charge in [-0.1, -0.05) is 35.9 Å². The third-order valence-corrected chi connectivity index (χ3v) is 3.34. The normalized spacial score (nSPS) is 11.8. The molecule has 2 aromatic rings. The van der Waals surface area contributed by atoms with Gasteiger partial charge in [0.15, 0.2) is 0 Å². The number of carbonyl (C=O) groups excluding carboxylic acids is 1. The standard InChI is InChI=1S/C17H18ClNO3/c1-12(10-20)19-17(21)15-4-2-3-5-16(15)22-11-13-6-8-14(18)9-7-13/h2-9,12,20H,10-11H2,1H3,(H,19,21). The van der Waals surface area contributed by atoms with Crippen molar-refractivity contribution in [1.82, 2.24) is 5.32 Å². The van der Waals surface area contributed by atoms with Crippen LogP contribution in [0.15, 0.2) is 48.5 Å². The first kappa shape index (κ1) is 16.3. The maximum absolute atomic E-state index is 12.2. The average molecular weight is 320 g/mol. The Kier molecular flexibility index (Phi) is 5.81. The van der Waals surface area contributed by atoms with E-state index in [1.807, 2.05) is 18.2 Å². The van der Waals surface area contributed by atoms with Crippen LogP contribution in [0, 0.1) is 0 Å². The highest BCUT2D eigenvalue weighted by molar-refractivity contribution is 6.30. The van der Waals surface area contributed by atoms with E-state index in [0.717, 1.165) is 5.56 Å². The minimum absolute atomic E-state index is 0.112. The summed E-state index contributed by atoms with van der Waals surface area (Å²) in [5.41, 5.74) is 1.40. The summed E-state index contributed by atoms with van der Waals surface area (Å²) in [7, 11) is 0. The van der Waals surface area contributed by atoms with E-state index >= 15 is 0 Å². The van der Waals surface area contributed by atoms with Gasteiger partial charge in [0.1, 0.15) is 12.4 Å². The van der Waals surface area contributed by atoms with Crippen LogP contribution in [0.2, 0.25) is 5.02 Å². The minimum Gasteiger partial charge on any atom is -0.488 e. The summed E-state index contributed by atoms with van der Waals surface area (Å²) in [6, 6.07) is 14.0. The fraction of sp³-hybridized carbons (Fsp3) is 0.235. The zero-order chi connectivity index (χ0) is 15.9. The van der Waals surface area contributed by atoms with Gasteiger partial charge in [0.25, 0.3) is 5.91 Å². The van der Waals surface area contributed by atoms with Gasteiger partial charge in [-0.05, 0) is 36.8 Å². The van der Waals surface area contributed by atoms with Crippen molar-refractivity contribution in [2.45, 2.75) is 19.6 Å². The fourth-order valence-electron chi connectivity index (χ4n) is 1.87. The molecule has 0 saturated heterocycles. The van der Waals surface area contributed by atoms with E-state index in [9.17, 15) is 4.79 Å². The molecule has 2 N–H and O–H groups in total. The van der Waals surface area contributed by atoms with E-state index in [1.165, 1.54) is 0 Å². The zero-order valence-electron chi connectivity index (χ0n) is 12.3. The summed E-state index contributed by atoms with van der Waals surface area (Å²) in [6.07, 6.45) is 0. The molecule has 2 aromatic carbocycles. The quantitative estimate of drug-likeness (QED) is 0.860. The van der Waals surface area contributed by atoms with E-state index in [4.69, 9.17) is 21.4 Å². The lowest BCUT2D eigenvalue weighted by atomic mass is 10.1. The number of rotatable bonds is 6. The first-order valence-electron chi connectivity index (χ1n) is 6.98. The van der Waals surface area contributed by atoms with Crippen molar-refractivity contribution in [3.05, 3.63) is 64.7 Å². The van der Waals surface area contributed by atoms with Crippen LogP contribution in [0.25, 0.3) is 0 Å². The summed E-state index contributed by atoms with van der Waals surface area (Å²) < 4.78 is 5.73. The molecule has 0 aliphatic carbocycles. The van der Waals surface area contributed by atoms with Crippen molar-refractivity contribution >= 4 is 17.5 Å². The van der Waals surface area contributed by atoms with Crippen LogP contribution in [0.3, 0.4) is 0 Å². The van der Waals surface area contributed by atoms with Gasteiger partial charge >= 0.3 is 0 Å². The Morgan fingerprint density at radius 1 is 1.23 bits per heavy atom. The first-order valence-corrected chi connectivity index (χ1v) is 7.36. The van der Waals surface area contributed by atoms with E-state index in [0.29, 0.717) is 22.9 Å². The number of carbonyl (C=O) groups is 1. The van der Waals surface area contributed by atoms with Crippen molar-refractivity contribution < 1.29 is 14.6 Å². The molecular formula is C17H18ClNO3. The van der Waals surface area contributed by atoms with Crippen molar-refractivity contribution in [2.75, 3.05) is 6.61 Å². The van der Waals surface area contributed by atoms with Gasteiger partial charge in [-0.2, -0.15) is 0 Å². The summed E-state index contributed by atoms with van der Waals surface area (Å²) in [6.45, 7) is 1.96. The van der Waals surface area contributed by atoms with Crippen LogP contribution in [-0.4, -0.2) is 23.7 Å². The number of benzene rings is 2. The molecule has 0 radical (unpaired) electrons. The number of halogens is 1. The number of ether oxygens (including phenoxy) is 1. The Balaban J connectivity index is 2.07. The summed E-state index contributed by atoms with van der Waals surface area (Å²) in [5.74, 6) is 0.230. The SMILES string of the molecule is CC(CO)NC(=O)c1ccccc1OCc1ccc(Cl)cc1. The molecule has 1 unspecified atom stereocenters. The molecule has 1 amide bonds. The molecule has 0 aliphatic rings. The Morgan fingerprint density at radius 3 is 2.59 bits per heavy atom. The molecule has 5 heteroatoms. The molecule has 0 fully saturated rings. The highest BCUT2D eigenvalue weighted by Gasteiger charge is 2.14. The average Bonchev–Trinajstić information content (AvgIpc) is 2.54. The lowest BCUT2D eigenvalue weighted by Gasteiger charge is -2.14. The minimum atomic E-state index is -0.308. The van der Waals surface area contributed by atoms with Crippen molar-refractivity contribution in [3.8, 4) is 5.75 Å². The highest BCUT2D eigenvalue weighted by Crippen LogP contribution is 2.20. The predicted molar refractivity (Wildman–Crippen MR) is 86.2 cm³/mol. The van der Waals surface area contributed by atoms with E-state index in [1.54, 1.807) is 37.3 Å². The molecule has 1 atom stereocenters. The van der Waals surface area contributed by atoms with Gasteiger partial charge in [0, 0.05) is 11.1 Å². The third kappa shape index (κ3) is 4.48. The molecule has 0 aliphatic heterocycles. The summed E-state index contributed by atoms with van der Waals surface area (Å²) in [5, 5.41) is 12.4. The van der Waals surface area contributed by atoms with Gasteiger partial charge in [0.05, 0.1) is 12.2 Å². The molecule has 0 spiro atoms. The fourth-order valence-corrected chi connectivity index (χ4v) is 1.99. The first-order chi connectivity index (χ1) is 10.6. The number of hydrogen-bond donors (Lipinski definition) is 2. The van der Waals surface area contributed by atoms with Crippen LogP contribution >= 0.6 is 11.6 Å². The zero-order valence-corrected chi connectivity index (χ0v) is 13.0.